The second-order valence-electron chi connectivity index (χ2n) is 7.43. The van der Waals surface area contributed by atoms with Gasteiger partial charge in [-0.15, -0.1) is 24.0 Å². The van der Waals surface area contributed by atoms with E-state index < -0.39 is 15.7 Å². The number of guanidine groups is 1. The average molecular weight is 548 g/mol. The highest BCUT2D eigenvalue weighted by atomic mass is 127. The van der Waals surface area contributed by atoms with Crippen LogP contribution in [0.2, 0.25) is 0 Å². The zero-order valence-corrected chi connectivity index (χ0v) is 20.9. The Morgan fingerprint density at radius 3 is 2.50 bits per heavy atom. The fraction of sp³-hybridized carbons (Fsp3) is 0.429. The predicted octanol–water partition coefficient (Wildman–Crippen LogP) is 3.49. The number of rotatable bonds is 8. The van der Waals surface area contributed by atoms with E-state index in [0.29, 0.717) is 29.5 Å². The molecule has 0 saturated heterocycles. The van der Waals surface area contributed by atoms with Crippen LogP contribution >= 0.6 is 24.0 Å². The highest BCUT2D eigenvalue weighted by Gasteiger charge is 2.17. The molecule has 30 heavy (non-hydrogen) atoms. The van der Waals surface area contributed by atoms with Crippen molar-refractivity contribution in [3.8, 4) is 0 Å². The number of aliphatic imine (C=N–C) groups is 1. The zero-order valence-electron chi connectivity index (χ0n) is 17.7. The number of benzene rings is 1. The van der Waals surface area contributed by atoms with E-state index in [1.807, 2.05) is 12.3 Å². The number of pyridine rings is 1. The molecule has 1 unspecified atom stereocenters. The monoisotopic (exact) mass is 548 g/mol. The summed E-state index contributed by atoms with van der Waals surface area (Å²) in [5.74, 6) is 0.673. The van der Waals surface area contributed by atoms with Crippen LogP contribution < -0.4 is 10.6 Å². The molecule has 1 aromatic heterocycles. The zero-order chi connectivity index (χ0) is 21.4. The lowest BCUT2D eigenvalue weighted by atomic mass is 9.89. The maximum Gasteiger partial charge on any atom is 0.191 e. The van der Waals surface area contributed by atoms with Gasteiger partial charge in [-0.3, -0.25) is 9.98 Å². The molecule has 166 valence electrons. The van der Waals surface area contributed by atoms with Gasteiger partial charge < -0.3 is 10.6 Å². The number of nitrogens with one attached hydrogen (secondary N) is 2. The number of halogens is 2. The molecule has 1 heterocycles. The van der Waals surface area contributed by atoms with Crippen LogP contribution in [0.3, 0.4) is 0 Å². The Labute approximate surface area is 195 Å². The Bertz CT molecular complexity index is 937. The van der Waals surface area contributed by atoms with E-state index in [0.717, 1.165) is 5.56 Å². The average Bonchev–Trinajstić information content (AvgIpc) is 2.66. The van der Waals surface area contributed by atoms with E-state index in [9.17, 15) is 12.8 Å². The van der Waals surface area contributed by atoms with Crippen molar-refractivity contribution in [2.45, 2.75) is 32.1 Å². The first-order valence-electron chi connectivity index (χ1n) is 9.49. The van der Waals surface area contributed by atoms with Crippen molar-refractivity contribution < 1.29 is 12.8 Å². The van der Waals surface area contributed by atoms with Gasteiger partial charge in [-0.25, -0.2) is 12.8 Å². The highest BCUT2D eigenvalue weighted by molar-refractivity contribution is 14.0. The molecular weight excluding hydrogens is 518 g/mol. The first-order valence-corrected chi connectivity index (χ1v) is 11.5. The van der Waals surface area contributed by atoms with Crippen LogP contribution in [0.5, 0.6) is 0 Å². The van der Waals surface area contributed by atoms with Crippen molar-refractivity contribution in [2.75, 3.05) is 19.8 Å². The molecule has 0 aliphatic heterocycles. The van der Waals surface area contributed by atoms with Gasteiger partial charge in [0.15, 0.2) is 15.8 Å². The van der Waals surface area contributed by atoms with Crippen molar-refractivity contribution >= 4 is 39.8 Å². The minimum absolute atomic E-state index is 0. The molecule has 0 aliphatic carbocycles. The molecule has 2 rings (SSSR count). The lowest BCUT2D eigenvalue weighted by Crippen LogP contribution is -2.40. The molecule has 0 bridgehead atoms. The Morgan fingerprint density at radius 2 is 1.93 bits per heavy atom. The molecule has 9 heteroatoms. The Hall–Kier alpha value is -1.75. The summed E-state index contributed by atoms with van der Waals surface area (Å²) in [7, 11) is -1.56. The third kappa shape index (κ3) is 8.55. The van der Waals surface area contributed by atoms with Crippen LogP contribution in [0, 0.1) is 11.7 Å². The summed E-state index contributed by atoms with van der Waals surface area (Å²) in [5, 5.41) is 6.45. The maximum absolute atomic E-state index is 13.7. The van der Waals surface area contributed by atoms with Crippen LogP contribution in [-0.4, -0.2) is 39.2 Å². The molecule has 6 nitrogen and oxygen atoms in total. The van der Waals surface area contributed by atoms with Gasteiger partial charge in [0.2, 0.25) is 0 Å². The second-order valence-corrected chi connectivity index (χ2v) is 9.57. The van der Waals surface area contributed by atoms with Crippen LogP contribution in [0.25, 0.3) is 0 Å². The van der Waals surface area contributed by atoms with Crippen LogP contribution in [0.1, 0.15) is 36.5 Å². The van der Waals surface area contributed by atoms with Crippen molar-refractivity contribution in [1.29, 1.82) is 0 Å². The Morgan fingerprint density at radius 1 is 1.20 bits per heavy atom. The van der Waals surface area contributed by atoms with Crippen LogP contribution in [-0.2, 0) is 22.1 Å². The summed E-state index contributed by atoms with van der Waals surface area (Å²) >= 11 is 0. The maximum atomic E-state index is 13.7. The summed E-state index contributed by atoms with van der Waals surface area (Å²) in [6.07, 6.45) is 4.78. The summed E-state index contributed by atoms with van der Waals surface area (Å²) in [6, 6.07) is 8.12. The number of hydrogen-bond donors (Lipinski definition) is 2. The predicted molar refractivity (Wildman–Crippen MR) is 130 cm³/mol. The van der Waals surface area contributed by atoms with E-state index in [-0.39, 0.29) is 42.2 Å². The summed E-state index contributed by atoms with van der Waals surface area (Å²) in [6.45, 7) is 5.23. The van der Waals surface area contributed by atoms with Crippen LogP contribution in [0.4, 0.5) is 4.39 Å². The fourth-order valence-electron chi connectivity index (χ4n) is 3.12. The van der Waals surface area contributed by atoms with Gasteiger partial charge in [-0.05, 0) is 40.8 Å². The first-order chi connectivity index (χ1) is 13.7. The lowest BCUT2D eigenvalue weighted by molar-refractivity contribution is 0.487. The van der Waals surface area contributed by atoms with Gasteiger partial charge in [0.25, 0.3) is 0 Å². The van der Waals surface area contributed by atoms with Gasteiger partial charge in [0, 0.05) is 44.7 Å². The quantitative estimate of drug-likeness (QED) is 0.300. The molecule has 0 radical (unpaired) electrons. The standard InChI is InChI=1S/C21H29FN4O2S.HI/c1-15(2)20(16-6-5-9-24-11-16)13-26-21(23-3)25-12-18-10-19(22)8-7-17(18)14-29(4,27)28;/h5-11,15,20H,12-14H2,1-4H3,(H2,23,25,26);1H. The van der Waals surface area contributed by atoms with E-state index in [1.165, 1.54) is 24.5 Å². The van der Waals surface area contributed by atoms with E-state index >= 15 is 0 Å². The number of hydrogen-bond acceptors (Lipinski definition) is 4. The van der Waals surface area contributed by atoms with E-state index in [2.05, 4.69) is 40.5 Å². The van der Waals surface area contributed by atoms with Gasteiger partial charge in [0.1, 0.15) is 5.82 Å². The topological polar surface area (TPSA) is 83.5 Å². The molecule has 1 atom stereocenters. The molecule has 2 aromatic rings. The fourth-order valence-corrected chi connectivity index (χ4v) is 3.97. The Kier molecular flexibility index (Phi) is 10.7. The summed E-state index contributed by atoms with van der Waals surface area (Å²) in [4.78, 5) is 8.42. The van der Waals surface area contributed by atoms with Gasteiger partial charge in [-0.2, -0.15) is 0 Å². The van der Waals surface area contributed by atoms with Gasteiger partial charge >= 0.3 is 0 Å². The molecule has 0 amide bonds. The number of sulfone groups is 1. The smallest absolute Gasteiger partial charge is 0.191 e. The third-order valence-corrected chi connectivity index (χ3v) is 5.50. The van der Waals surface area contributed by atoms with Crippen molar-refractivity contribution in [1.82, 2.24) is 15.6 Å². The van der Waals surface area contributed by atoms with Crippen molar-refractivity contribution in [3.05, 3.63) is 65.2 Å². The molecule has 1 aromatic carbocycles. The molecule has 0 spiro atoms. The largest absolute Gasteiger partial charge is 0.356 e. The van der Waals surface area contributed by atoms with Gasteiger partial charge in [-0.1, -0.05) is 26.0 Å². The minimum atomic E-state index is -3.22. The van der Waals surface area contributed by atoms with Crippen molar-refractivity contribution in [3.63, 3.8) is 0 Å². The normalized spacial score (nSPS) is 12.9. The highest BCUT2D eigenvalue weighted by Crippen LogP contribution is 2.22. The van der Waals surface area contributed by atoms with Crippen molar-refractivity contribution in [2.24, 2.45) is 10.9 Å². The third-order valence-electron chi connectivity index (χ3n) is 4.66. The minimum Gasteiger partial charge on any atom is -0.356 e. The molecule has 0 fully saturated rings. The van der Waals surface area contributed by atoms with E-state index in [1.54, 1.807) is 13.2 Å². The number of nitrogens with zero attached hydrogens (tertiary/aromatic N) is 2. The van der Waals surface area contributed by atoms with E-state index in [4.69, 9.17) is 0 Å². The molecule has 0 saturated carbocycles. The molecule has 2 N–H and O–H groups in total. The second kappa shape index (κ2) is 12.2. The molecular formula is C21H30FIN4O2S. The SMILES string of the molecule is CN=C(NCc1cc(F)ccc1CS(C)(=O)=O)NCC(c1cccnc1)C(C)C.I. The van der Waals surface area contributed by atoms with Crippen LogP contribution in [0.15, 0.2) is 47.7 Å². The summed E-state index contributed by atoms with van der Waals surface area (Å²) in [5.41, 5.74) is 2.31. The van der Waals surface area contributed by atoms with Gasteiger partial charge in [0.05, 0.1) is 5.75 Å². The number of aromatic nitrogens is 1. The summed E-state index contributed by atoms with van der Waals surface area (Å²) < 4.78 is 37.0. The first kappa shape index (κ1) is 26.3. The lowest BCUT2D eigenvalue weighted by Gasteiger charge is -2.23. The molecule has 0 aliphatic rings. The Balaban J connectivity index is 0.00000450.